The Bertz CT molecular complexity index is 1830. The van der Waals surface area contributed by atoms with Gasteiger partial charge in [0.15, 0.2) is 0 Å². The molecule has 7 N–H and O–H groups in total. The highest BCUT2D eigenvalue weighted by Crippen LogP contribution is 2.35. The molecule has 18 heteroatoms. The number of rotatable bonds is 4. The van der Waals surface area contributed by atoms with Gasteiger partial charge in [0.25, 0.3) is 11.8 Å². The normalized spacial score (nSPS) is 13.3. The zero-order valence-electron chi connectivity index (χ0n) is 21.9. The van der Waals surface area contributed by atoms with Gasteiger partial charge in [-0.05, 0) is 48.5 Å². The number of amides is 2. The number of benzene rings is 3. The number of nitrogens with one attached hydrogen (secondary N) is 2. The zero-order valence-corrected chi connectivity index (χ0v) is 22.7. The van der Waals surface area contributed by atoms with Crippen LogP contribution in [-0.4, -0.2) is 52.5 Å². The van der Waals surface area contributed by atoms with Crippen LogP contribution in [0.2, 0.25) is 5.02 Å². The fraction of sp³-hybridized carbons (Fsp3) is 0.192. The SMILES string of the molecule is Cn1c(=O)n(C(O)(O)C(O)(O)O)c2cc(NC(=O)c3cc(F)cc(C(F)(F)F)c3)c3c(c21)C(=O)NC3.Fc1ccc(Cl)cc1. The van der Waals surface area contributed by atoms with Gasteiger partial charge in [-0.25, -0.2) is 18.1 Å². The molecule has 12 nitrogen and oxygen atoms in total. The van der Waals surface area contributed by atoms with Crippen molar-refractivity contribution in [2.75, 3.05) is 5.32 Å². The van der Waals surface area contributed by atoms with Gasteiger partial charge in [0, 0.05) is 35.4 Å². The summed E-state index contributed by atoms with van der Waals surface area (Å²) in [5, 5.41) is 53.6. The predicted molar refractivity (Wildman–Crippen MR) is 141 cm³/mol. The molecule has 3 aromatic carbocycles. The van der Waals surface area contributed by atoms with Crippen LogP contribution in [0.3, 0.4) is 0 Å². The van der Waals surface area contributed by atoms with Crippen molar-refractivity contribution in [2.24, 2.45) is 7.05 Å². The number of imidazole rings is 1. The Morgan fingerprint density at radius 2 is 1.57 bits per heavy atom. The Labute approximate surface area is 246 Å². The molecular formula is C26H20ClF5N4O8. The van der Waals surface area contributed by atoms with E-state index in [9.17, 15) is 61.9 Å². The first-order valence-electron chi connectivity index (χ1n) is 12.0. The second-order valence-electron chi connectivity index (χ2n) is 9.39. The third-order valence-electron chi connectivity index (χ3n) is 6.40. The van der Waals surface area contributed by atoms with Crippen LogP contribution in [-0.2, 0) is 25.7 Å². The van der Waals surface area contributed by atoms with Gasteiger partial charge in [-0.15, -0.1) is 0 Å². The van der Waals surface area contributed by atoms with E-state index in [1.807, 2.05) is 0 Å². The van der Waals surface area contributed by atoms with E-state index >= 15 is 0 Å². The first kappa shape index (κ1) is 32.5. The molecule has 2 amide bonds. The van der Waals surface area contributed by atoms with Gasteiger partial charge in [0.1, 0.15) is 11.6 Å². The molecule has 0 unspecified atom stereocenters. The summed E-state index contributed by atoms with van der Waals surface area (Å²) < 4.78 is 65.6. The number of aliphatic hydroxyl groups is 5. The molecule has 0 saturated carbocycles. The highest BCUT2D eigenvalue weighted by Gasteiger charge is 2.51. The Hall–Kier alpha value is -4.39. The number of hydrogen-bond donors (Lipinski definition) is 7. The van der Waals surface area contributed by atoms with E-state index in [2.05, 4.69) is 10.6 Å². The van der Waals surface area contributed by atoms with Gasteiger partial charge >= 0.3 is 23.8 Å². The Morgan fingerprint density at radius 1 is 0.955 bits per heavy atom. The Balaban J connectivity index is 0.000000479. The Morgan fingerprint density at radius 3 is 2.11 bits per heavy atom. The van der Waals surface area contributed by atoms with Crippen molar-refractivity contribution in [1.29, 1.82) is 0 Å². The van der Waals surface area contributed by atoms with Crippen molar-refractivity contribution >= 4 is 40.1 Å². The minimum atomic E-state index is -4.97. The van der Waals surface area contributed by atoms with Crippen LogP contribution in [0.1, 0.15) is 31.8 Å². The minimum Gasteiger partial charge on any atom is -0.348 e. The number of hydrogen-bond acceptors (Lipinski definition) is 8. The fourth-order valence-electron chi connectivity index (χ4n) is 4.31. The van der Waals surface area contributed by atoms with Crippen LogP contribution in [0, 0.1) is 11.6 Å². The molecule has 1 aromatic heterocycles. The Kier molecular flexibility index (Phi) is 8.33. The molecule has 0 atom stereocenters. The summed E-state index contributed by atoms with van der Waals surface area (Å²) in [5.41, 5.74) is -4.98. The number of carbonyl (C=O) groups excluding carboxylic acids is 2. The van der Waals surface area contributed by atoms with Crippen molar-refractivity contribution < 1.29 is 57.1 Å². The molecule has 0 bridgehead atoms. The number of halogens is 6. The van der Waals surface area contributed by atoms with Crippen molar-refractivity contribution in [2.45, 2.75) is 24.6 Å². The number of alkyl halides is 3. The molecule has 0 saturated heterocycles. The van der Waals surface area contributed by atoms with Crippen molar-refractivity contribution in [3.8, 4) is 0 Å². The maximum absolute atomic E-state index is 13.8. The molecule has 44 heavy (non-hydrogen) atoms. The molecule has 5 rings (SSSR count). The lowest BCUT2D eigenvalue weighted by Crippen LogP contribution is -2.58. The van der Waals surface area contributed by atoms with Crippen molar-refractivity contribution in [1.82, 2.24) is 14.5 Å². The number of nitrogens with zero attached hydrogens (tertiary/aromatic N) is 2. The smallest absolute Gasteiger partial charge is 0.348 e. The predicted octanol–water partition coefficient (Wildman–Crippen LogP) is 1.70. The summed E-state index contributed by atoms with van der Waals surface area (Å²) in [7, 11) is 1.08. The molecule has 1 aliphatic rings. The lowest BCUT2D eigenvalue weighted by Gasteiger charge is -2.30. The largest absolute Gasteiger partial charge is 0.416 e. The van der Waals surface area contributed by atoms with Gasteiger partial charge in [-0.3, -0.25) is 14.2 Å². The number of carbonyl (C=O) groups is 2. The maximum Gasteiger partial charge on any atom is 0.416 e. The molecule has 4 aromatic rings. The highest BCUT2D eigenvalue weighted by atomic mass is 35.5. The first-order valence-corrected chi connectivity index (χ1v) is 12.4. The van der Waals surface area contributed by atoms with E-state index in [4.69, 9.17) is 11.6 Å². The monoisotopic (exact) mass is 646 g/mol. The van der Waals surface area contributed by atoms with Crippen LogP contribution in [0.4, 0.5) is 27.6 Å². The summed E-state index contributed by atoms with van der Waals surface area (Å²) in [5.74, 6) is -12.0. The van der Waals surface area contributed by atoms with Gasteiger partial charge in [-0.2, -0.15) is 13.2 Å². The lowest BCUT2D eigenvalue weighted by atomic mass is 10.0. The van der Waals surface area contributed by atoms with Crippen LogP contribution in [0.15, 0.2) is 53.3 Å². The van der Waals surface area contributed by atoms with Crippen LogP contribution < -0.4 is 16.3 Å². The molecule has 0 spiro atoms. The van der Waals surface area contributed by atoms with Crippen LogP contribution in [0.25, 0.3) is 11.0 Å². The molecule has 0 radical (unpaired) electrons. The molecular weight excluding hydrogens is 627 g/mol. The van der Waals surface area contributed by atoms with E-state index in [-0.39, 0.29) is 45.3 Å². The average Bonchev–Trinajstić information content (AvgIpc) is 3.41. The zero-order chi connectivity index (χ0) is 32.9. The summed E-state index contributed by atoms with van der Waals surface area (Å²) in [6, 6.07) is 7.63. The lowest BCUT2D eigenvalue weighted by molar-refractivity contribution is -0.480. The second-order valence-corrected chi connectivity index (χ2v) is 9.83. The van der Waals surface area contributed by atoms with Crippen molar-refractivity contribution in [3.63, 3.8) is 0 Å². The van der Waals surface area contributed by atoms with Gasteiger partial charge in [0.2, 0.25) is 0 Å². The van der Waals surface area contributed by atoms with Gasteiger partial charge < -0.3 is 36.2 Å². The average molecular weight is 647 g/mol. The van der Waals surface area contributed by atoms with Crippen LogP contribution >= 0.6 is 11.6 Å². The van der Waals surface area contributed by atoms with Gasteiger partial charge in [0.05, 0.1) is 22.2 Å². The molecule has 234 valence electrons. The molecule has 1 aliphatic heterocycles. The standard InChI is InChI=1S/C20H16F4N4O8.C6H4ClF/c1-27-14-12(28(17(27)31)19(32,33)20(34,35)36)5-11(10-6-25-16(30)13(10)14)26-15(29)7-2-8(18(22,23)24)4-9(21)3-7;7-5-1-3-6(8)4-2-5/h2-5,32-36H,6H2,1H3,(H,25,30)(H,26,29);1-4H. The number of aromatic nitrogens is 2. The minimum absolute atomic E-state index is 0.0331. The quantitative estimate of drug-likeness (QED) is 0.129. The second kappa shape index (κ2) is 11.3. The number of fused-ring (bicyclic) bond motifs is 3. The topological polar surface area (TPSA) is 186 Å². The van der Waals surface area contributed by atoms with E-state index in [0.717, 1.165) is 17.7 Å². The third-order valence-corrected chi connectivity index (χ3v) is 6.65. The first-order chi connectivity index (χ1) is 20.2. The van der Waals surface area contributed by atoms with Gasteiger partial charge in [-0.1, -0.05) is 11.6 Å². The van der Waals surface area contributed by atoms with E-state index in [0.29, 0.717) is 17.2 Å². The number of aryl methyl sites for hydroxylation is 1. The summed E-state index contributed by atoms with van der Waals surface area (Å²) >= 11 is 5.44. The van der Waals surface area contributed by atoms with E-state index < -0.39 is 58.0 Å². The fourth-order valence-corrected chi connectivity index (χ4v) is 4.44. The molecule has 0 aliphatic carbocycles. The molecule has 0 fully saturated rings. The highest BCUT2D eigenvalue weighted by molar-refractivity contribution is 6.30. The number of anilines is 1. The summed E-state index contributed by atoms with van der Waals surface area (Å²) in [4.78, 5) is 38.0. The summed E-state index contributed by atoms with van der Waals surface area (Å²) in [6.45, 7) is -0.233. The van der Waals surface area contributed by atoms with E-state index in [1.165, 1.54) is 24.3 Å². The van der Waals surface area contributed by atoms with Crippen LogP contribution in [0.5, 0.6) is 0 Å². The maximum atomic E-state index is 13.8. The molecule has 2 heterocycles. The van der Waals surface area contributed by atoms with E-state index in [1.54, 1.807) is 0 Å². The summed E-state index contributed by atoms with van der Waals surface area (Å²) in [6.07, 6.45) is -4.97. The van der Waals surface area contributed by atoms with Crippen molar-refractivity contribution in [3.05, 3.63) is 97.9 Å². The third kappa shape index (κ3) is 6.01.